The summed E-state index contributed by atoms with van der Waals surface area (Å²) < 4.78 is 21.0. The van der Waals surface area contributed by atoms with Crippen LogP contribution in [0.2, 0.25) is 5.02 Å². The summed E-state index contributed by atoms with van der Waals surface area (Å²) in [4.78, 5) is 99.0. The van der Waals surface area contributed by atoms with Crippen molar-refractivity contribution >= 4 is 136 Å². The highest BCUT2D eigenvalue weighted by Crippen LogP contribution is 2.28. The van der Waals surface area contributed by atoms with Gasteiger partial charge in [-0.15, -0.1) is 11.8 Å². The number of rotatable bonds is 11. The van der Waals surface area contributed by atoms with Crippen LogP contribution in [-0.2, 0) is 0 Å². The average Bonchev–Trinajstić information content (AvgIpc) is 1.67. The molecule has 8 N–H and O–H groups in total. The van der Waals surface area contributed by atoms with E-state index in [2.05, 4.69) is 204 Å². The number of fused-ring (bicyclic) bond motifs is 8. The number of aryl methyl sites for hydroxylation is 2. The van der Waals surface area contributed by atoms with Crippen molar-refractivity contribution in [3.8, 4) is 5.88 Å². The summed E-state index contributed by atoms with van der Waals surface area (Å²) in [6, 6.07) is 8.26. The van der Waals surface area contributed by atoms with E-state index >= 15 is 0 Å². The van der Waals surface area contributed by atoms with E-state index in [1.165, 1.54) is 18.3 Å². The van der Waals surface area contributed by atoms with E-state index in [0.717, 1.165) is 73.1 Å². The fraction of sp³-hybridized carbons (Fsp3) is 0.411. The first kappa shape index (κ1) is 83.7. The number of nitrogens with one attached hydrogen (secondary N) is 2. The summed E-state index contributed by atoms with van der Waals surface area (Å²) >= 11 is 7.67. The average molecular weight is 1540 g/mol. The molecular formula is C73H100ClN33O2S. The van der Waals surface area contributed by atoms with Gasteiger partial charge in [-0.1, -0.05) is 19.0 Å². The monoisotopic (exact) mass is 1540 g/mol. The molecule has 0 aliphatic heterocycles. The number of H-pyrrole nitrogens is 1. The number of hydrogen-bond acceptors (Lipinski definition) is 27. The molecule has 16 heterocycles. The predicted molar refractivity (Wildman–Crippen MR) is 437 cm³/mol. The number of nitrogens with two attached hydrogens (primary N) is 3. The molecule has 0 amide bonds. The van der Waals surface area contributed by atoms with Crippen LogP contribution in [0.3, 0.4) is 0 Å². The maximum absolute atomic E-state index is 11.5. The Bertz CT molecular complexity index is 5430. The SMILES string of the molecule is C.CC(C)n1cnc2c(Cl)ccnc21.CC(C)n1cnc2c(N)ccnc21.CC(C)n1cnc2c(N)ncnc21.CNc1ncnc2c1ncn2C(C)C.COc1nc(N)nc2c1ncn2C(C)C.CSc1ccnc2c1ncn2C(C)C.Cc1nc2c(ncn2C(C)C)c(=O)[nH]1.Cc1ncc2ncn(C(C)C)c2n1. The zero-order valence-corrected chi connectivity index (χ0v) is 66.9. The highest BCUT2D eigenvalue weighted by Gasteiger charge is 2.18. The molecule has 16 aromatic heterocycles. The second kappa shape index (κ2) is 37.2. The van der Waals surface area contributed by atoms with Gasteiger partial charge >= 0.3 is 0 Å². The normalized spacial score (nSPS) is 11.2. The van der Waals surface area contributed by atoms with Crippen molar-refractivity contribution < 1.29 is 4.74 Å². The van der Waals surface area contributed by atoms with Crippen molar-refractivity contribution in [3.63, 3.8) is 0 Å². The summed E-state index contributed by atoms with van der Waals surface area (Å²) in [6.07, 6.45) is 26.2. The minimum Gasteiger partial charge on any atom is -0.479 e. The highest BCUT2D eigenvalue weighted by atomic mass is 35.5. The number of imidazole rings is 8. The number of nitrogens with zero attached hydrogens (tertiary/aromatic N) is 28. The van der Waals surface area contributed by atoms with Crippen LogP contribution in [0.15, 0.2) is 116 Å². The Balaban J connectivity index is 0.000000158. The Morgan fingerprint density at radius 1 is 0.436 bits per heavy atom. The number of thioether (sulfide) groups is 1. The quantitative estimate of drug-likeness (QED) is 0.0751. The third-order valence-corrected chi connectivity index (χ3v) is 17.6. The smallest absolute Gasteiger partial charge is 0.279 e. The number of ether oxygens (including phenoxy) is 1. The van der Waals surface area contributed by atoms with E-state index in [1.54, 1.807) is 93.7 Å². The lowest BCUT2D eigenvalue weighted by Gasteiger charge is -2.07. The van der Waals surface area contributed by atoms with E-state index in [1.807, 2.05) is 98.6 Å². The Hall–Kier alpha value is -12.0. The largest absolute Gasteiger partial charge is 0.479 e. The number of aromatic nitrogens is 29. The topological polar surface area (TPSA) is 429 Å². The van der Waals surface area contributed by atoms with E-state index in [9.17, 15) is 4.79 Å². The first-order valence-corrected chi connectivity index (χ1v) is 36.9. The van der Waals surface area contributed by atoms with Crippen molar-refractivity contribution in [1.82, 2.24) is 141 Å². The minimum absolute atomic E-state index is 0. The van der Waals surface area contributed by atoms with Gasteiger partial charge < -0.3 is 68.8 Å². The number of aromatic amines is 1. The van der Waals surface area contributed by atoms with Crippen LogP contribution in [0, 0.1) is 13.8 Å². The van der Waals surface area contributed by atoms with Crippen LogP contribution in [0.25, 0.3) is 89.3 Å². The van der Waals surface area contributed by atoms with E-state index in [4.69, 9.17) is 33.5 Å². The summed E-state index contributed by atoms with van der Waals surface area (Å²) in [5.41, 5.74) is 30.1. The molecule has 16 rings (SSSR count). The molecule has 35 nitrogen and oxygen atoms in total. The molecule has 110 heavy (non-hydrogen) atoms. The molecule has 0 aliphatic rings. The van der Waals surface area contributed by atoms with Crippen LogP contribution in [0.1, 0.15) is 178 Å². The first-order valence-electron chi connectivity index (χ1n) is 35.3. The number of pyridine rings is 3. The molecule has 0 bridgehead atoms. The number of hydrogen-bond donors (Lipinski definition) is 5. The molecule has 582 valence electrons. The summed E-state index contributed by atoms with van der Waals surface area (Å²) in [5, 5.41) is 3.65. The summed E-state index contributed by atoms with van der Waals surface area (Å²) in [6.45, 7) is 37.0. The third-order valence-electron chi connectivity index (χ3n) is 16.6. The fourth-order valence-electron chi connectivity index (χ4n) is 10.9. The Kier molecular flexibility index (Phi) is 28.3. The van der Waals surface area contributed by atoms with Crippen LogP contribution in [-0.4, -0.2) is 162 Å². The molecule has 0 saturated heterocycles. The zero-order chi connectivity index (χ0) is 79.2. The van der Waals surface area contributed by atoms with Gasteiger partial charge in [0.1, 0.15) is 57.4 Å². The number of methoxy groups -OCH3 is 1. The van der Waals surface area contributed by atoms with Crippen molar-refractivity contribution in [1.29, 1.82) is 0 Å². The molecule has 0 atom stereocenters. The second-order valence-corrected chi connectivity index (χ2v) is 28.2. The molecule has 0 unspecified atom stereocenters. The van der Waals surface area contributed by atoms with Gasteiger partial charge in [-0.05, 0) is 149 Å². The second-order valence-electron chi connectivity index (χ2n) is 27.0. The van der Waals surface area contributed by atoms with E-state index in [0.29, 0.717) is 92.3 Å². The van der Waals surface area contributed by atoms with E-state index < -0.39 is 0 Å². The maximum Gasteiger partial charge on any atom is 0.279 e. The van der Waals surface area contributed by atoms with Gasteiger partial charge in [0.05, 0.1) is 74.6 Å². The molecule has 0 fully saturated rings. The van der Waals surface area contributed by atoms with Crippen LogP contribution in [0.4, 0.5) is 23.3 Å². The van der Waals surface area contributed by atoms with Crippen LogP contribution < -0.4 is 32.8 Å². The maximum atomic E-state index is 11.5. The number of anilines is 4. The van der Waals surface area contributed by atoms with Gasteiger partial charge in [-0.3, -0.25) is 4.79 Å². The van der Waals surface area contributed by atoms with Gasteiger partial charge in [0.2, 0.25) is 11.8 Å². The highest BCUT2D eigenvalue weighted by molar-refractivity contribution is 7.98. The number of nitrogen functional groups attached to an aromatic ring is 3. The third kappa shape index (κ3) is 19.1. The van der Waals surface area contributed by atoms with Gasteiger partial charge in [-0.25, -0.2) is 89.7 Å². The summed E-state index contributed by atoms with van der Waals surface area (Å²) in [7, 11) is 3.37. The number of halogens is 1. The molecule has 0 spiro atoms. The van der Waals surface area contributed by atoms with Crippen molar-refractivity contribution in [2.24, 2.45) is 0 Å². The Morgan fingerprint density at radius 2 is 0.845 bits per heavy atom. The lowest BCUT2D eigenvalue weighted by molar-refractivity contribution is 0.402. The standard InChI is InChI=1S/C10H13N3S.C9H10ClN3.C9H13N5O.C9H13N5.C9H12N4O.2C9H12N4.C8H11N5.CH4/c1-7(2)13-6-12-9-8(14-3)4-5-11-10(9)13;1-6(2)13-5-12-8-7(10)3-4-11-9(8)13;1-5(2)14-4-11-6-7(14)12-9(10)13-8(6)15-3;1-6(2)14-5-13-7-8(10-3)11-4-12-9(7)14;1-5(2)13-4-10-7-8(13)11-6(3)12-9(7)14;1-6(2)13-5-11-8-4-10-7(3)12-9(8)13;1-6(2)13-5-12-8-7(10)3-4-11-9(8)13;1-5(2)13-4-12-6-7(9)10-3-11-8(6)13;/h4-7H,1-3H3;3-6H,1-2H3;4-5H,1-3H3,(H2,10,12,13);4-6H,1-3H3,(H,10,11,12);4-5H,1-3H3,(H,11,12,14);4-6H,1-3H3;3-6H,1-2H3,(H2,10,11);3-5H,1-2H3,(H2,9,10,11);1H4. The molecule has 37 heteroatoms. The zero-order valence-electron chi connectivity index (χ0n) is 65.3. The first-order chi connectivity index (χ1) is 52.0. The molecule has 0 aliphatic carbocycles. The minimum atomic E-state index is -0.174. The van der Waals surface area contributed by atoms with Gasteiger partial charge in [0.15, 0.2) is 67.8 Å². The Morgan fingerprint density at radius 3 is 1.37 bits per heavy atom. The lowest BCUT2D eigenvalue weighted by Crippen LogP contribution is -2.11. The Labute approximate surface area is 646 Å². The van der Waals surface area contributed by atoms with Crippen molar-refractivity contribution in [3.05, 3.63) is 133 Å². The van der Waals surface area contributed by atoms with Gasteiger partial charge in [-0.2, -0.15) is 9.97 Å². The van der Waals surface area contributed by atoms with Crippen LogP contribution >= 0.6 is 23.4 Å². The molecule has 0 saturated carbocycles. The van der Waals surface area contributed by atoms with Crippen molar-refractivity contribution in [2.45, 2.75) is 185 Å². The van der Waals surface area contributed by atoms with Gasteiger partial charge in [0, 0.05) is 78.9 Å². The summed E-state index contributed by atoms with van der Waals surface area (Å²) in [5.74, 6) is 3.22. The fourth-order valence-corrected chi connectivity index (χ4v) is 11.6. The van der Waals surface area contributed by atoms with Gasteiger partial charge in [0.25, 0.3) is 5.56 Å². The van der Waals surface area contributed by atoms with E-state index in [-0.39, 0.29) is 31.0 Å². The van der Waals surface area contributed by atoms with Crippen LogP contribution in [0.5, 0.6) is 5.88 Å². The lowest BCUT2D eigenvalue weighted by atomic mass is 10.3. The molecular weight excluding hydrogens is 1440 g/mol. The van der Waals surface area contributed by atoms with Crippen molar-refractivity contribution in [2.75, 3.05) is 42.9 Å². The molecule has 0 radical (unpaired) electrons. The molecule has 0 aromatic carbocycles. The predicted octanol–water partition coefficient (Wildman–Crippen LogP) is 13.8. The molecule has 16 aromatic rings.